The summed E-state index contributed by atoms with van der Waals surface area (Å²) in [5.41, 5.74) is -1.04. The minimum absolute atomic E-state index is 0.0862. The van der Waals surface area contributed by atoms with Gasteiger partial charge < -0.3 is 10.1 Å². The first kappa shape index (κ1) is 21.9. The van der Waals surface area contributed by atoms with Gasteiger partial charge in [-0.25, -0.2) is 0 Å². The first-order valence-corrected chi connectivity index (χ1v) is 9.27. The van der Waals surface area contributed by atoms with Crippen LogP contribution in [0.2, 0.25) is 5.02 Å². The maximum absolute atomic E-state index is 12.9. The Morgan fingerprint density at radius 2 is 1.71 bits per heavy atom. The van der Waals surface area contributed by atoms with Crippen molar-refractivity contribution in [2.45, 2.75) is 6.18 Å². The van der Waals surface area contributed by atoms with E-state index in [-0.39, 0.29) is 16.3 Å². The number of anilines is 1. The third-order valence-electron chi connectivity index (χ3n) is 4.05. The molecule has 4 nitrogen and oxygen atoms in total. The molecule has 0 radical (unpaired) electrons. The Labute approximate surface area is 181 Å². The second-order valence-corrected chi connectivity index (χ2v) is 6.71. The van der Waals surface area contributed by atoms with Gasteiger partial charge in [0.25, 0.3) is 5.91 Å². The smallest absolute Gasteiger partial charge is 0.416 e. The number of nitrogens with one attached hydrogen (secondary N) is 1. The van der Waals surface area contributed by atoms with Gasteiger partial charge in [0, 0.05) is 0 Å². The second-order valence-electron chi connectivity index (χ2n) is 6.30. The Bertz CT molecular complexity index is 1170. The third-order valence-corrected chi connectivity index (χ3v) is 4.38. The molecule has 0 fully saturated rings. The highest BCUT2D eigenvalue weighted by Gasteiger charge is 2.31. The molecule has 156 valence electrons. The normalized spacial score (nSPS) is 11.5. The molecule has 3 rings (SSSR count). The Morgan fingerprint density at radius 1 is 1.00 bits per heavy atom. The zero-order chi connectivity index (χ0) is 22.4. The van der Waals surface area contributed by atoms with E-state index in [0.717, 1.165) is 12.1 Å². The molecule has 0 aliphatic carbocycles. The number of nitriles is 1. The van der Waals surface area contributed by atoms with Crippen molar-refractivity contribution in [3.8, 4) is 17.6 Å². The largest absolute Gasteiger partial charge is 0.457 e. The lowest BCUT2D eigenvalue weighted by molar-refractivity contribution is -0.137. The summed E-state index contributed by atoms with van der Waals surface area (Å²) >= 11 is 5.90. The summed E-state index contributed by atoms with van der Waals surface area (Å²) in [7, 11) is 0. The minimum Gasteiger partial charge on any atom is -0.457 e. The van der Waals surface area contributed by atoms with Gasteiger partial charge in [-0.1, -0.05) is 41.9 Å². The van der Waals surface area contributed by atoms with Gasteiger partial charge in [0.2, 0.25) is 0 Å². The van der Waals surface area contributed by atoms with E-state index in [1.54, 1.807) is 42.5 Å². The van der Waals surface area contributed by atoms with Crippen LogP contribution >= 0.6 is 11.6 Å². The summed E-state index contributed by atoms with van der Waals surface area (Å²) in [6.45, 7) is 0. The molecule has 0 saturated carbocycles. The summed E-state index contributed by atoms with van der Waals surface area (Å²) in [5, 5.41) is 11.5. The fourth-order valence-corrected chi connectivity index (χ4v) is 2.76. The zero-order valence-corrected chi connectivity index (χ0v) is 16.5. The lowest BCUT2D eigenvalue weighted by Gasteiger charge is -2.11. The summed E-state index contributed by atoms with van der Waals surface area (Å²) in [6, 6.07) is 20.0. The molecule has 3 aromatic carbocycles. The third kappa shape index (κ3) is 5.87. The molecular weight excluding hydrogens is 429 g/mol. The van der Waals surface area contributed by atoms with E-state index < -0.39 is 17.6 Å². The van der Waals surface area contributed by atoms with E-state index in [1.807, 2.05) is 18.2 Å². The van der Waals surface area contributed by atoms with Crippen molar-refractivity contribution in [3.05, 3.63) is 94.5 Å². The molecule has 0 bridgehead atoms. The molecule has 0 unspecified atom stereocenters. The average Bonchev–Trinajstić information content (AvgIpc) is 2.73. The number of benzene rings is 3. The SMILES string of the molecule is N#CC(=Cc1cccc(Oc2ccccc2)c1)C(=O)Nc1cc(C(F)(F)F)ccc1Cl. The number of hydrogen-bond acceptors (Lipinski definition) is 3. The van der Waals surface area contributed by atoms with Crippen molar-refractivity contribution >= 4 is 29.3 Å². The van der Waals surface area contributed by atoms with Crippen molar-refractivity contribution in [3.63, 3.8) is 0 Å². The Hall–Kier alpha value is -3.76. The number of hydrogen-bond donors (Lipinski definition) is 1. The summed E-state index contributed by atoms with van der Waals surface area (Å²) in [5.74, 6) is 0.206. The first-order chi connectivity index (χ1) is 14.8. The molecule has 0 saturated heterocycles. The van der Waals surface area contributed by atoms with Crippen LogP contribution in [0.1, 0.15) is 11.1 Å². The predicted octanol–water partition coefficient (Wildman–Crippen LogP) is 6.70. The highest BCUT2D eigenvalue weighted by molar-refractivity contribution is 6.34. The first-order valence-electron chi connectivity index (χ1n) is 8.89. The molecule has 0 aliphatic heterocycles. The lowest BCUT2D eigenvalue weighted by Crippen LogP contribution is -2.15. The summed E-state index contributed by atoms with van der Waals surface area (Å²) < 4.78 is 44.5. The summed E-state index contributed by atoms with van der Waals surface area (Å²) in [6.07, 6.45) is -3.30. The van der Waals surface area contributed by atoms with Gasteiger partial charge in [-0.05, 0) is 54.1 Å². The quantitative estimate of drug-likeness (QED) is 0.353. The van der Waals surface area contributed by atoms with Gasteiger partial charge in [0.1, 0.15) is 23.1 Å². The standard InChI is InChI=1S/C23H14ClF3N2O2/c24-20-10-9-17(23(25,26)27)13-21(20)29-22(30)16(14-28)11-15-5-4-8-19(12-15)31-18-6-2-1-3-7-18/h1-13H,(H,29,30). The highest BCUT2D eigenvalue weighted by Crippen LogP contribution is 2.34. The maximum atomic E-state index is 12.9. The van der Waals surface area contributed by atoms with E-state index in [9.17, 15) is 23.2 Å². The number of halogens is 4. The van der Waals surface area contributed by atoms with Crippen molar-refractivity contribution in [1.29, 1.82) is 5.26 Å². The Balaban J connectivity index is 1.82. The second kappa shape index (κ2) is 9.37. The number of para-hydroxylation sites is 1. The Morgan fingerprint density at radius 3 is 2.39 bits per heavy atom. The molecule has 0 spiro atoms. The van der Waals surface area contributed by atoms with Crippen LogP contribution in [0.3, 0.4) is 0 Å². The molecule has 8 heteroatoms. The Kier molecular flexibility index (Phi) is 6.63. The van der Waals surface area contributed by atoms with Gasteiger partial charge in [0.05, 0.1) is 16.3 Å². The zero-order valence-electron chi connectivity index (χ0n) is 15.8. The van der Waals surface area contributed by atoms with Gasteiger partial charge in [-0.2, -0.15) is 18.4 Å². The van der Waals surface area contributed by atoms with E-state index in [4.69, 9.17) is 16.3 Å². The van der Waals surface area contributed by atoms with E-state index >= 15 is 0 Å². The molecule has 3 aromatic rings. The van der Waals surface area contributed by atoms with Crippen LogP contribution < -0.4 is 10.1 Å². The number of carbonyl (C=O) groups is 1. The molecule has 0 atom stereocenters. The molecule has 0 aromatic heterocycles. The number of amides is 1. The molecule has 1 N–H and O–H groups in total. The van der Waals surface area contributed by atoms with Crippen LogP contribution in [0.15, 0.2) is 78.4 Å². The van der Waals surface area contributed by atoms with Crippen molar-refractivity contribution in [2.24, 2.45) is 0 Å². The van der Waals surface area contributed by atoms with Gasteiger partial charge in [0.15, 0.2) is 0 Å². The number of alkyl halides is 3. The van der Waals surface area contributed by atoms with Crippen LogP contribution in [0.25, 0.3) is 6.08 Å². The van der Waals surface area contributed by atoms with Crippen LogP contribution in [0.5, 0.6) is 11.5 Å². The highest BCUT2D eigenvalue weighted by atomic mass is 35.5. The number of nitrogens with zero attached hydrogens (tertiary/aromatic N) is 1. The molecule has 31 heavy (non-hydrogen) atoms. The molecular formula is C23H14ClF3N2O2. The van der Waals surface area contributed by atoms with E-state index in [0.29, 0.717) is 23.1 Å². The molecule has 0 heterocycles. The number of rotatable bonds is 5. The van der Waals surface area contributed by atoms with Crippen molar-refractivity contribution < 1.29 is 22.7 Å². The minimum atomic E-state index is -4.60. The number of ether oxygens (including phenoxy) is 1. The van der Waals surface area contributed by atoms with Crippen molar-refractivity contribution in [1.82, 2.24) is 0 Å². The van der Waals surface area contributed by atoms with Gasteiger partial charge in [-0.3, -0.25) is 4.79 Å². The van der Waals surface area contributed by atoms with E-state index in [1.165, 1.54) is 6.08 Å². The fourth-order valence-electron chi connectivity index (χ4n) is 2.59. The predicted molar refractivity (Wildman–Crippen MR) is 112 cm³/mol. The lowest BCUT2D eigenvalue weighted by atomic mass is 10.1. The van der Waals surface area contributed by atoms with Gasteiger partial charge in [-0.15, -0.1) is 0 Å². The molecule has 0 aliphatic rings. The van der Waals surface area contributed by atoms with E-state index in [2.05, 4.69) is 5.32 Å². The van der Waals surface area contributed by atoms with Crippen LogP contribution in [0, 0.1) is 11.3 Å². The molecule has 1 amide bonds. The number of carbonyl (C=O) groups excluding carboxylic acids is 1. The average molecular weight is 443 g/mol. The van der Waals surface area contributed by atoms with Crippen LogP contribution in [-0.4, -0.2) is 5.91 Å². The fraction of sp³-hybridized carbons (Fsp3) is 0.0435. The van der Waals surface area contributed by atoms with Crippen LogP contribution in [0.4, 0.5) is 18.9 Å². The summed E-state index contributed by atoms with van der Waals surface area (Å²) in [4.78, 5) is 12.5. The monoisotopic (exact) mass is 442 g/mol. The van der Waals surface area contributed by atoms with Gasteiger partial charge >= 0.3 is 6.18 Å². The van der Waals surface area contributed by atoms with Crippen LogP contribution in [-0.2, 0) is 11.0 Å². The van der Waals surface area contributed by atoms with Crippen molar-refractivity contribution in [2.75, 3.05) is 5.32 Å². The topological polar surface area (TPSA) is 62.1 Å². The maximum Gasteiger partial charge on any atom is 0.416 e.